The van der Waals surface area contributed by atoms with Crippen molar-refractivity contribution in [2.45, 2.75) is 33.6 Å². The van der Waals surface area contributed by atoms with Crippen LogP contribution in [0.5, 0.6) is 0 Å². The van der Waals surface area contributed by atoms with Gasteiger partial charge in [-0.3, -0.25) is 10.1 Å². The second-order valence-electron chi connectivity index (χ2n) is 6.04. The zero-order valence-electron chi connectivity index (χ0n) is 17.3. The number of guanidine groups is 1. The van der Waals surface area contributed by atoms with E-state index in [4.69, 9.17) is 4.74 Å². The molecule has 1 aromatic carbocycles. The quantitative estimate of drug-likeness (QED) is 0.217. The van der Waals surface area contributed by atoms with Crippen LogP contribution in [0.25, 0.3) is 0 Å². The van der Waals surface area contributed by atoms with Gasteiger partial charge in [0.15, 0.2) is 5.76 Å². The third kappa shape index (κ3) is 7.27. The predicted octanol–water partition coefficient (Wildman–Crippen LogP) is 4.54. The van der Waals surface area contributed by atoms with Crippen LogP contribution in [-0.2, 0) is 22.4 Å². The van der Waals surface area contributed by atoms with E-state index in [9.17, 15) is 4.79 Å². The van der Waals surface area contributed by atoms with Gasteiger partial charge in [0, 0.05) is 5.69 Å². The lowest BCUT2D eigenvalue weighted by Gasteiger charge is -2.16. The predicted molar refractivity (Wildman–Crippen MR) is 119 cm³/mol. The van der Waals surface area contributed by atoms with Gasteiger partial charge in [0.2, 0.25) is 5.96 Å². The number of aryl methyl sites for hydroxylation is 2. The zero-order chi connectivity index (χ0) is 20.9. The van der Waals surface area contributed by atoms with Gasteiger partial charge in [-0.25, -0.2) is 4.99 Å². The molecule has 0 atom stereocenters. The summed E-state index contributed by atoms with van der Waals surface area (Å²) in [5, 5.41) is 6.00. The third-order valence-corrected chi connectivity index (χ3v) is 4.13. The third-order valence-electron chi connectivity index (χ3n) is 4.13. The number of anilines is 1. The molecule has 5 nitrogen and oxygen atoms in total. The summed E-state index contributed by atoms with van der Waals surface area (Å²) in [6.45, 7) is 13.9. The number of ether oxygens (including phenoxy) is 1. The number of carbonyl (C=O) groups is 1. The number of benzene rings is 1. The smallest absolute Gasteiger partial charge is 0.292 e. The average Bonchev–Trinajstić information content (AvgIpc) is 2.72. The maximum Gasteiger partial charge on any atom is 0.292 e. The van der Waals surface area contributed by atoms with E-state index < -0.39 is 5.91 Å². The molecule has 0 aliphatic heterocycles. The Morgan fingerprint density at radius 3 is 2.61 bits per heavy atom. The van der Waals surface area contributed by atoms with Crippen LogP contribution in [0, 0.1) is 0 Å². The Morgan fingerprint density at radius 2 is 2.04 bits per heavy atom. The van der Waals surface area contributed by atoms with Crippen LogP contribution in [0.4, 0.5) is 5.69 Å². The lowest BCUT2D eigenvalue weighted by atomic mass is 10.1. The maximum atomic E-state index is 12.2. The normalized spacial score (nSPS) is 12.0. The average molecular weight is 382 g/mol. The van der Waals surface area contributed by atoms with Gasteiger partial charge in [0.25, 0.3) is 5.91 Å². The van der Waals surface area contributed by atoms with E-state index in [0.29, 0.717) is 12.5 Å². The van der Waals surface area contributed by atoms with Crippen molar-refractivity contribution in [2.24, 2.45) is 4.99 Å². The molecule has 0 aliphatic rings. The molecule has 1 aromatic rings. The van der Waals surface area contributed by atoms with Crippen LogP contribution in [0.1, 0.15) is 31.9 Å². The van der Waals surface area contributed by atoms with Gasteiger partial charge in [-0.15, -0.1) is 0 Å². The fraction of sp³-hybridized carbons (Fsp3) is 0.304. The molecule has 2 N–H and O–H groups in total. The topological polar surface area (TPSA) is 62.7 Å². The van der Waals surface area contributed by atoms with E-state index in [1.165, 1.54) is 12.7 Å². The van der Waals surface area contributed by atoms with Crippen molar-refractivity contribution < 1.29 is 9.53 Å². The van der Waals surface area contributed by atoms with Crippen LogP contribution in [0.3, 0.4) is 0 Å². The number of carbonyl (C=O) groups excluding carboxylic acids is 1. The number of methoxy groups -OCH3 is 1. The Bertz CT molecular complexity index is 789. The van der Waals surface area contributed by atoms with E-state index in [2.05, 4.69) is 60.8 Å². The van der Waals surface area contributed by atoms with Crippen LogP contribution < -0.4 is 10.6 Å². The summed E-state index contributed by atoms with van der Waals surface area (Å²) < 4.78 is 4.92. The molecule has 0 spiro atoms. The molecule has 0 bridgehead atoms. The maximum absolute atomic E-state index is 12.2. The van der Waals surface area contributed by atoms with Crippen molar-refractivity contribution in [1.29, 1.82) is 0 Å². The Hall–Kier alpha value is -3.08. The van der Waals surface area contributed by atoms with E-state index in [1.54, 1.807) is 6.08 Å². The minimum absolute atomic E-state index is 0.0147. The van der Waals surface area contributed by atoms with Gasteiger partial charge in [-0.05, 0) is 42.5 Å². The Kier molecular flexibility index (Phi) is 10.1. The highest BCUT2D eigenvalue weighted by atomic mass is 16.5. The summed E-state index contributed by atoms with van der Waals surface area (Å²) in [6, 6.07) is 6.29. The Labute approximate surface area is 168 Å². The number of aliphatic imine (C=N–C) groups is 1. The van der Waals surface area contributed by atoms with Gasteiger partial charge < -0.3 is 10.1 Å². The zero-order valence-corrected chi connectivity index (χ0v) is 17.3. The molecule has 0 aromatic heterocycles. The summed E-state index contributed by atoms with van der Waals surface area (Å²) in [5.41, 5.74) is 4.18. The van der Waals surface area contributed by atoms with Gasteiger partial charge in [0.1, 0.15) is 0 Å². The highest BCUT2D eigenvalue weighted by Crippen LogP contribution is 2.19. The van der Waals surface area contributed by atoms with Crippen molar-refractivity contribution in [3.63, 3.8) is 0 Å². The largest absolute Gasteiger partial charge is 0.492 e. The number of hydrogen-bond donors (Lipinski definition) is 2. The summed E-state index contributed by atoms with van der Waals surface area (Å²) in [4.78, 5) is 16.8. The number of amides is 1. The monoisotopic (exact) mass is 381 g/mol. The first-order valence-corrected chi connectivity index (χ1v) is 9.40. The molecule has 1 amide bonds. The first-order chi connectivity index (χ1) is 13.5. The minimum atomic E-state index is -0.448. The second kappa shape index (κ2) is 12.3. The van der Waals surface area contributed by atoms with Crippen molar-refractivity contribution in [2.75, 3.05) is 19.0 Å². The molecular weight excluding hydrogens is 350 g/mol. The van der Waals surface area contributed by atoms with Gasteiger partial charge in [0.05, 0.1) is 13.7 Å². The lowest BCUT2D eigenvalue weighted by Crippen LogP contribution is -2.37. The molecule has 0 saturated heterocycles. The molecule has 0 fully saturated rings. The Balaban J connectivity index is 3.20. The van der Waals surface area contributed by atoms with Gasteiger partial charge >= 0.3 is 0 Å². The highest BCUT2D eigenvalue weighted by molar-refractivity contribution is 6.09. The summed E-state index contributed by atoms with van der Waals surface area (Å²) in [6.07, 6.45) is 9.30. The highest BCUT2D eigenvalue weighted by Gasteiger charge is 2.12. The summed E-state index contributed by atoms with van der Waals surface area (Å²) in [5.74, 6) is -0.101. The standard InChI is InChI=1S/C23H31N3O2/c1-7-11-12-19(9-3)16-24-23(26-22(27)17(5)28-6)25-21-15-18(8-2)13-14-20(21)10-4/h7,9,11-15H,3,5,8,10,16H2,1-2,4,6H3,(H2,24,25,26,27)/b11-7-,19-12+. The summed E-state index contributed by atoms with van der Waals surface area (Å²) >= 11 is 0. The fourth-order valence-corrected chi connectivity index (χ4v) is 2.35. The SMILES string of the molecule is C=C/C(=C\C=C/C)CN=C(NC(=O)C(=C)OC)Nc1cc(CC)ccc1CC. The number of allylic oxidation sites excluding steroid dienone is 3. The van der Waals surface area contributed by atoms with Crippen molar-refractivity contribution in [3.8, 4) is 0 Å². The molecule has 0 saturated carbocycles. The molecule has 1 rings (SSSR count). The van der Waals surface area contributed by atoms with Gasteiger partial charge in [-0.1, -0.05) is 63.4 Å². The molecule has 0 aliphatic carbocycles. The van der Waals surface area contributed by atoms with E-state index in [-0.39, 0.29) is 5.76 Å². The van der Waals surface area contributed by atoms with Gasteiger partial charge in [-0.2, -0.15) is 0 Å². The number of rotatable bonds is 9. The molecule has 28 heavy (non-hydrogen) atoms. The van der Waals surface area contributed by atoms with Crippen molar-refractivity contribution >= 4 is 17.6 Å². The number of nitrogens with zero attached hydrogens (tertiary/aromatic N) is 1. The molecule has 5 heteroatoms. The van der Waals surface area contributed by atoms with Crippen molar-refractivity contribution in [3.05, 3.63) is 78.1 Å². The van der Waals surface area contributed by atoms with E-state index in [0.717, 1.165) is 29.7 Å². The first-order valence-electron chi connectivity index (χ1n) is 9.40. The molecule has 0 unspecified atom stereocenters. The van der Waals surface area contributed by atoms with Crippen LogP contribution in [0.2, 0.25) is 0 Å². The van der Waals surface area contributed by atoms with Crippen molar-refractivity contribution in [1.82, 2.24) is 5.32 Å². The molecule has 0 radical (unpaired) electrons. The second-order valence-corrected chi connectivity index (χ2v) is 6.04. The summed E-state index contributed by atoms with van der Waals surface area (Å²) in [7, 11) is 1.40. The van der Waals surface area contributed by atoms with Crippen LogP contribution >= 0.6 is 0 Å². The van der Waals surface area contributed by atoms with Crippen LogP contribution in [-0.4, -0.2) is 25.5 Å². The van der Waals surface area contributed by atoms with Crippen LogP contribution in [0.15, 0.2) is 72.0 Å². The fourth-order valence-electron chi connectivity index (χ4n) is 2.35. The van der Waals surface area contributed by atoms with E-state index >= 15 is 0 Å². The molecular formula is C23H31N3O2. The number of nitrogens with one attached hydrogen (secondary N) is 2. The lowest BCUT2D eigenvalue weighted by molar-refractivity contribution is -0.119. The minimum Gasteiger partial charge on any atom is -0.492 e. The number of hydrogen-bond acceptors (Lipinski definition) is 3. The van der Waals surface area contributed by atoms with E-state index in [1.807, 2.05) is 25.2 Å². The molecule has 150 valence electrons. The first kappa shape index (κ1) is 23.0. The Morgan fingerprint density at radius 1 is 1.29 bits per heavy atom. The molecule has 0 heterocycles.